The number of pyridine rings is 1. The fraction of sp³-hybridized carbons (Fsp3) is 0.632. The van der Waals surface area contributed by atoms with Gasteiger partial charge < -0.3 is 10.2 Å². The normalized spacial score (nSPS) is 24.3. The van der Waals surface area contributed by atoms with Gasteiger partial charge in [-0.3, -0.25) is 14.6 Å². The second kappa shape index (κ2) is 6.54. The Hall–Kier alpha value is -1.91. The van der Waals surface area contributed by atoms with Gasteiger partial charge in [-0.1, -0.05) is 12.8 Å². The Morgan fingerprint density at radius 1 is 1.12 bits per heavy atom. The van der Waals surface area contributed by atoms with E-state index in [1.165, 1.54) is 31.2 Å². The summed E-state index contributed by atoms with van der Waals surface area (Å²) in [6.45, 7) is 1.40. The summed E-state index contributed by atoms with van der Waals surface area (Å²) in [4.78, 5) is 31.1. The predicted molar refractivity (Wildman–Crippen MR) is 90.6 cm³/mol. The lowest BCUT2D eigenvalue weighted by atomic mass is 10.1. The number of aromatic nitrogens is 1. The van der Waals surface area contributed by atoms with Crippen LogP contribution in [-0.2, 0) is 4.79 Å². The maximum atomic E-state index is 12.5. The van der Waals surface area contributed by atoms with Crippen LogP contribution in [0.15, 0.2) is 18.3 Å². The van der Waals surface area contributed by atoms with Crippen molar-refractivity contribution in [1.29, 1.82) is 0 Å². The Labute approximate surface area is 142 Å². The zero-order valence-electron chi connectivity index (χ0n) is 14.0. The number of carbonyl (C=O) groups is 2. The highest BCUT2D eigenvalue weighted by molar-refractivity contribution is 5.92. The number of rotatable bonds is 4. The zero-order chi connectivity index (χ0) is 16.5. The molecule has 2 heterocycles. The molecule has 0 radical (unpaired) electrons. The SMILES string of the molecule is O=C(NC1CCN(C(=O)C2CCCC2)C1)c1cc(C2CC2)ccn1. The predicted octanol–water partition coefficient (Wildman–Crippen LogP) is 2.48. The summed E-state index contributed by atoms with van der Waals surface area (Å²) in [7, 11) is 0. The van der Waals surface area contributed by atoms with Crippen LogP contribution in [0.5, 0.6) is 0 Å². The van der Waals surface area contributed by atoms with Crippen LogP contribution >= 0.6 is 0 Å². The molecule has 4 rings (SSSR count). The highest BCUT2D eigenvalue weighted by Gasteiger charge is 2.33. The van der Waals surface area contributed by atoms with Gasteiger partial charge in [-0.05, 0) is 55.7 Å². The van der Waals surface area contributed by atoms with Gasteiger partial charge in [0.2, 0.25) is 5.91 Å². The van der Waals surface area contributed by atoms with Crippen molar-refractivity contribution in [2.75, 3.05) is 13.1 Å². The molecular formula is C19H25N3O2. The zero-order valence-corrected chi connectivity index (χ0v) is 14.0. The first-order valence-electron chi connectivity index (χ1n) is 9.26. The van der Waals surface area contributed by atoms with E-state index < -0.39 is 0 Å². The van der Waals surface area contributed by atoms with Crippen molar-refractivity contribution in [3.8, 4) is 0 Å². The molecule has 1 saturated heterocycles. The van der Waals surface area contributed by atoms with Crippen molar-refractivity contribution in [2.24, 2.45) is 5.92 Å². The topological polar surface area (TPSA) is 62.3 Å². The Bertz CT molecular complexity index is 635. The molecule has 5 nitrogen and oxygen atoms in total. The van der Waals surface area contributed by atoms with Crippen molar-refractivity contribution in [2.45, 2.75) is 56.9 Å². The molecule has 2 saturated carbocycles. The highest BCUT2D eigenvalue weighted by Crippen LogP contribution is 2.39. The van der Waals surface area contributed by atoms with Crippen LogP contribution in [0.3, 0.4) is 0 Å². The summed E-state index contributed by atoms with van der Waals surface area (Å²) in [6, 6.07) is 3.98. The second-order valence-electron chi connectivity index (χ2n) is 7.47. The van der Waals surface area contributed by atoms with E-state index in [-0.39, 0.29) is 23.8 Å². The van der Waals surface area contributed by atoms with E-state index in [9.17, 15) is 9.59 Å². The largest absolute Gasteiger partial charge is 0.346 e. The van der Waals surface area contributed by atoms with Crippen LogP contribution in [0, 0.1) is 5.92 Å². The van der Waals surface area contributed by atoms with E-state index in [2.05, 4.69) is 10.3 Å². The van der Waals surface area contributed by atoms with E-state index in [0.29, 0.717) is 18.2 Å². The van der Waals surface area contributed by atoms with E-state index in [0.717, 1.165) is 25.8 Å². The number of amides is 2. The minimum absolute atomic E-state index is 0.0502. The van der Waals surface area contributed by atoms with Gasteiger partial charge in [0.05, 0.1) is 0 Å². The van der Waals surface area contributed by atoms with Gasteiger partial charge in [-0.25, -0.2) is 0 Å². The van der Waals surface area contributed by atoms with Gasteiger partial charge in [0.25, 0.3) is 5.91 Å². The average Bonchev–Trinajstić information content (AvgIpc) is 3.11. The Morgan fingerprint density at radius 2 is 1.92 bits per heavy atom. The molecule has 1 atom stereocenters. The van der Waals surface area contributed by atoms with Crippen molar-refractivity contribution >= 4 is 11.8 Å². The van der Waals surface area contributed by atoms with Crippen LogP contribution in [-0.4, -0.2) is 40.8 Å². The first kappa shape index (κ1) is 15.6. The smallest absolute Gasteiger partial charge is 0.270 e. The molecule has 2 amide bonds. The average molecular weight is 327 g/mol. The monoisotopic (exact) mass is 327 g/mol. The number of nitrogens with zero attached hydrogens (tertiary/aromatic N) is 2. The third-order valence-electron chi connectivity index (χ3n) is 5.60. The molecule has 1 N–H and O–H groups in total. The van der Waals surface area contributed by atoms with Crippen LogP contribution in [0.1, 0.15) is 66.9 Å². The molecular weight excluding hydrogens is 302 g/mol. The van der Waals surface area contributed by atoms with Gasteiger partial charge in [0.15, 0.2) is 0 Å². The Kier molecular flexibility index (Phi) is 4.25. The van der Waals surface area contributed by atoms with Crippen LogP contribution in [0.2, 0.25) is 0 Å². The lowest BCUT2D eigenvalue weighted by Gasteiger charge is -2.20. The summed E-state index contributed by atoms with van der Waals surface area (Å²) < 4.78 is 0. The lowest BCUT2D eigenvalue weighted by Crippen LogP contribution is -2.40. The number of nitrogens with one attached hydrogen (secondary N) is 1. The van der Waals surface area contributed by atoms with Crippen molar-refractivity contribution in [3.63, 3.8) is 0 Å². The molecule has 1 unspecified atom stereocenters. The Morgan fingerprint density at radius 3 is 2.67 bits per heavy atom. The van der Waals surface area contributed by atoms with Crippen LogP contribution in [0.25, 0.3) is 0 Å². The summed E-state index contributed by atoms with van der Waals surface area (Å²) >= 11 is 0. The fourth-order valence-corrected chi connectivity index (χ4v) is 4.01. The number of hydrogen-bond donors (Lipinski definition) is 1. The van der Waals surface area contributed by atoms with Crippen molar-refractivity contribution < 1.29 is 9.59 Å². The molecule has 0 spiro atoms. The first-order valence-corrected chi connectivity index (χ1v) is 9.26. The number of likely N-dealkylation sites (tertiary alicyclic amines) is 1. The minimum atomic E-state index is -0.113. The first-order chi connectivity index (χ1) is 11.7. The third-order valence-corrected chi connectivity index (χ3v) is 5.60. The number of hydrogen-bond acceptors (Lipinski definition) is 3. The van der Waals surface area contributed by atoms with E-state index in [4.69, 9.17) is 0 Å². The molecule has 5 heteroatoms. The Balaban J connectivity index is 1.33. The second-order valence-corrected chi connectivity index (χ2v) is 7.47. The molecule has 0 bridgehead atoms. The highest BCUT2D eigenvalue weighted by atomic mass is 16.2. The minimum Gasteiger partial charge on any atom is -0.346 e. The van der Waals surface area contributed by atoms with E-state index in [1.54, 1.807) is 6.20 Å². The van der Waals surface area contributed by atoms with Crippen molar-refractivity contribution in [1.82, 2.24) is 15.2 Å². The summed E-state index contributed by atoms with van der Waals surface area (Å²) in [5.41, 5.74) is 1.72. The van der Waals surface area contributed by atoms with Gasteiger partial charge in [-0.2, -0.15) is 0 Å². The standard InChI is InChI=1S/C19H25N3O2/c23-18(17-11-15(7-9-20-17)13-5-6-13)21-16-8-10-22(12-16)19(24)14-3-1-2-4-14/h7,9,11,13-14,16H,1-6,8,10,12H2,(H,21,23). The molecule has 128 valence electrons. The quantitative estimate of drug-likeness (QED) is 0.924. The lowest BCUT2D eigenvalue weighted by molar-refractivity contribution is -0.134. The molecule has 1 aromatic heterocycles. The molecule has 3 aliphatic rings. The molecule has 0 aromatic carbocycles. The maximum Gasteiger partial charge on any atom is 0.270 e. The van der Waals surface area contributed by atoms with Crippen LogP contribution < -0.4 is 5.32 Å². The molecule has 1 aliphatic heterocycles. The third kappa shape index (κ3) is 3.30. The summed E-state index contributed by atoms with van der Waals surface area (Å²) in [6.07, 6.45) is 9.41. The van der Waals surface area contributed by atoms with Crippen molar-refractivity contribution in [3.05, 3.63) is 29.6 Å². The summed E-state index contributed by atoms with van der Waals surface area (Å²) in [5.74, 6) is 1.01. The van der Waals surface area contributed by atoms with Crippen LogP contribution in [0.4, 0.5) is 0 Å². The van der Waals surface area contributed by atoms with Gasteiger partial charge in [0.1, 0.15) is 5.69 Å². The van der Waals surface area contributed by atoms with Gasteiger partial charge in [0, 0.05) is 31.2 Å². The molecule has 1 aromatic rings. The van der Waals surface area contributed by atoms with E-state index >= 15 is 0 Å². The molecule has 24 heavy (non-hydrogen) atoms. The molecule has 2 aliphatic carbocycles. The molecule has 3 fully saturated rings. The summed E-state index contributed by atoms with van der Waals surface area (Å²) in [5, 5.41) is 3.06. The van der Waals surface area contributed by atoms with Gasteiger partial charge >= 0.3 is 0 Å². The van der Waals surface area contributed by atoms with E-state index in [1.807, 2.05) is 17.0 Å². The number of carbonyl (C=O) groups excluding carboxylic acids is 2. The van der Waals surface area contributed by atoms with Gasteiger partial charge in [-0.15, -0.1) is 0 Å². The fourth-order valence-electron chi connectivity index (χ4n) is 4.01. The maximum absolute atomic E-state index is 12.5.